The molecule has 0 unspecified atom stereocenters. The number of aromatic nitrogens is 2. The Morgan fingerprint density at radius 3 is 2.97 bits per heavy atom. The summed E-state index contributed by atoms with van der Waals surface area (Å²) in [4.78, 5) is 25.0. The van der Waals surface area contributed by atoms with Crippen LogP contribution in [-0.4, -0.2) is 68.5 Å². The molecule has 1 aliphatic rings. The minimum atomic E-state index is -0.747. The maximum atomic E-state index is 12.4. The molecule has 2 atom stereocenters. The molecule has 10 nitrogen and oxygen atoms in total. The van der Waals surface area contributed by atoms with Gasteiger partial charge in [-0.05, 0) is 43.3 Å². The summed E-state index contributed by atoms with van der Waals surface area (Å²) in [6.45, 7) is 1.72. The molecule has 2 aromatic rings. The van der Waals surface area contributed by atoms with Gasteiger partial charge in [0.1, 0.15) is 17.9 Å². The number of amides is 2. The van der Waals surface area contributed by atoms with Crippen molar-refractivity contribution in [3.63, 3.8) is 0 Å². The number of carbonyl (C=O) groups is 2. The molecule has 1 fully saturated rings. The van der Waals surface area contributed by atoms with Crippen molar-refractivity contribution in [2.24, 2.45) is 0 Å². The topological polar surface area (TPSA) is 129 Å². The zero-order valence-electron chi connectivity index (χ0n) is 18.1. The van der Waals surface area contributed by atoms with Gasteiger partial charge in [0, 0.05) is 32.2 Å². The lowest BCUT2D eigenvalue weighted by Gasteiger charge is -2.17. The van der Waals surface area contributed by atoms with E-state index in [4.69, 9.17) is 9.47 Å². The number of rotatable bonds is 8. The van der Waals surface area contributed by atoms with Crippen molar-refractivity contribution < 1.29 is 19.1 Å². The molecule has 2 amide bonds. The Bertz CT molecular complexity index is 967. The predicted octanol–water partition coefficient (Wildman–Crippen LogP) is 0.674. The minimum absolute atomic E-state index is 0.220. The number of hydrogen-bond acceptors (Lipinski definition) is 8. The number of carbonyl (C=O) groups excluding carboxylic acids is 2. The van der Waals surface area contributed by atoms with E-state index in [1.54, 1.807) is 31.3 Å². The monoisotopic (exact) mass is 438 g/mol. The van der Waals surface area contributed by atoms with Crippen LogP contribution in [0, 0.1) is 11.3 Å². The third kappa shape index (κ3) is 5.78. The maximum absolute atomic E-state index is 12.4. The molecule has 0 radical (unpaired) electrons. The minimum Gasteiger partial charge on any atom is -0.495 e. The Morgan fingerprint density at radius 1 is 1.44 bits per heavy atom. The third-order valence-corrected chi connectivity index (χ3v) is 5.06. The van der Waals surface area contributed by atoms with Crippen LogP contribution in [0.2, 0.25) is 0 Å². The first-order valence-corrected chi connectivity index (χ1v) is 10.3. The molecule has 2 heterocycles. The molecular weight excluding hydrogens is 412 g/mol. The summed E-state index contributed by atoms with van der Waals surface area (Å²) in [5.41, 5.74) is 2.54. The Balaban J connectivity index is 1.68. The number of benzene rings is 1. The molecule has 1 saturated heterocycles. The van der Waals surface area contributed by atoms with Gasteiger partial charge in [-0.15, -0.1) is 0 Å². The molecule has 32 heavy (non-hydrogen) atoms. The Kier molecular flexibility index (Phi) is 8.08. The molecule has 3 rings (SSSR count). The van der Waals surface area contributed by atoms with Crippen molar-refractivity contribution in [2.45, 2.75) is 25.0 Å². The molecule has 1 aliphatic heterocycles. The van der Waals surface area contributed by atoms with Crippen molar-refractivity contribution >= 4 is 18.0 Å². The van der Waals surface area contributed by atoms with E-state index < -0.39 is 12.1 Å². The second-order valence-electron chi connectivity index (χ2n) is 7.32. The smallest absolute Gasteiger partial charge is 0.251 e. The Labute approximate surface area is 186 Å². The number of hydrogen-bond donors (Lipinski definition) is 2. The fourth-order valence-electron chi connectivity index (χ4n) is 3.29. The second kappa shape index (κ2) is 11.2. The van der Waals surface area contributed by atoms with Crippen molar-refractivity contribution in [1.82, 2.24) is 20.8 Å². The molecule has 0 spiro atoms. The molecule has 0 saturated carbocycles. The standard InChI is InChI=1S/C22H26N6O4/c1-28(14-29)19-10-15(4-7-20(19)31-2)18-6-5-16(26-27-18)11-17(12-23)25-22(30)21-13-24-8-3-9-32-21/h4-7,10,14,17,21,24H,3,8-9,11,13H2,1-2H3,(H,25,30)/t17-,21+/m1/s1. The van der Waals surface area contributed by atoms with E-state index in [1.165, 1.54) is 12.0 Å². The van der Waals surface area contributed by atoms with Gasteiger partial charge in [-0.2, -0.15) is 15.5 Å². The molecular formula is C22H26N6O4. The fourth-order valence-corrected chi connectivity index (χ4v) is 3.29. The lowest BCUT2D eigenvalue weighted by atomic mass is 10.1. The van der Waals surface area contributed by atoms with Crippen molar-refractivity contribution in [3.05, 3.63) is 36.0 Å². The molecule has 0 bridgehead atoms. The average molecular weight is 438 g/mol. The van der Waals surface area contributed by atoms with Gasteiger partial charge in [-0.1, -0.05) is 0 Å². The van der Waals surface area contributed by atoms with E-state index in [1.807, 2.05) is 6.07 Å². The number of nitrogens with one attached hydrogen (secondary N) is 2. The highest BCUT2D eigenvalue weighted by Crippen LogP contribution is 2.31. The van der Waals surface area contributed by atoms with E-state index in [0.29, 0.717) is 42.4 Å². The highest BCUT2D eigenvalue weighted by Gasteiger charge is 2.23. The number of ether oxygens (including phenoxy) is 2. The van der Waals surface area contributed by atoms with Crippen molar-refractivity contribution in [2.75, 3.05) is 38.8 Å². The van der Waals surface area contributed by atoms with Gasteiger partial charge in [-0.25, -0.2) is 0 Å². The highest BCUT2D eigenvalue weighted by molar-refractivity contribution is 5.82. The van der Waals surface area contributed by atoms with Crippen LogP contribution in [-0.2, 0) is 20.7 Å². The van der Waals surface area contributed by atoms with E-state index in [2.05, 4.69) is 26.9 Å². The van der Waals surface area contributed by atoms with E-state index in [0.717, 1.165) is 18.5 Å². The Morgan fingerprint density at radius 2 is 2.28 bits per heavy atom. The molecule has 1 aromatic heterocycles. The van der Waals surface area contributed by atoms with Crippen LogP contribution < -0.4 is 20.3 Å². The van der Waals surface area contributed by atoms with Crippen molar-refractivity contribution in [3.8, 4) is 23.1 Å². The predicted molar refractivity (Wildman–Crippen MR) is 117 cm³/mol. The summed E-state index contributed by atoms with van der Waals surface area (Å²) in [6.07, 6.45) is 1.14. The fraction of sp³-hybridized carbons (Fsp3) is 0.409. The normalized spacial score (nSPS) is 16.8. The summed E-state index contributed by atoms with van der Waals surface area (Å²) < 4.78 is 10.8. The zero-order chi connectivity index (χ0) is 22.9. The van der Waals surface area contributed by atoms with Crippen LogP contribution in [0.5, 0.6) is 5.75 Å². The van der Waals surface area contributed by atoms with Gasteiger partial charge in [0.2, 0.25) is 6.41 Å². The summed E-state index contributed by atoms with van der Waals surface area (Å²) >= 11 is 0. The lowest BCUT2D eigenvalue weighted by Crippen LogP contribution is -2.46. The first kappa shape index (κ1) is 23.1. The van der Waals surface area contributed by atoms with Gasteiger partial charge < -0.3 is 25.0 Å². The molecule has 10 heteroatoms. The van der Waals surface area contributed by atoms with Crippen LogP contribution in [0.25, 0.3) is 11.3 Å². The van der Waals surface area contributed by atoms with Gasteiger partial charge in [0.25, 0.3) is 5.91 Å². The molecule has 2 N–H and O–H groups in total. The second-order valence-corrected chi connectivity index (χ2v) is 7.32. The lowest BCUT2D eigenvalue weighted by molar-refractivity contribution is -0.132. The van der Waals surface area contributed by atoms with Crippen molar-refractivity contribution in [1.29, 1.82) is 5.26 Å². The van der Waals surface area contributed by atoms with Crippen LogP contribution >= 0.6 is 0 Å². The first-order chi connectivity index (χ1) is 15.5. The van der Waals surface area contributed by atoms with Gasteiger partial charge in [-0.3, -0.25) is 9.59 Å². The quantitative estimate of drug-likeness (QED) is 0.576. The first-order valence-electron chi connectivity index (χ1n) is 10.3. The van der Waals surface area contributed by atoms with Gasteiger partial charge >= 0.3 is 0 Å². The molecule has 1 aromatic carbocycles. The zero-order valence-corrected chi connectivity index (χ0v) is 18.1. The summed E-state index contributed by atoms with van der Waals surface area (Å²) in [5, 5.41) is 23.8. The largest absolute Gasteiger partial charge is 0.495 e. The van der Waals surface area contributed by atoms with E-state index in [-0.39, 0.29) is 12.3 Å². The van der Waals surface area contributed by atoms with Crippen LogP contribution in [0.4, 0.5) is 5.69 Å². The number of anilines is 1. The summed E-state index contributed by atoms with van der Waals surface area (Å²) in [7, 11) is 3.17. The summed E-state index contributed by atoms with van der Waals surface area (Å²) in [5.74, 6) is 0.244. The van der Waals surface area contributed by atoms with Crippen LogP contribution in [0.1, 0.15) is 12.1 Å². The van der Waals surface area contributed by atoms with Crippen LogP contribution in [0.15, 0.2) is 30.3 Å². The van der Waals surface area contributed by atoms with E-state index >= 15 is 0 Å². The van der Waals surface area contributed by atoms with Gasteiger partial charge in [0.15, 0.2) is 0 Å². The number of nitriles is 1. The van der Waals surface area contributed by atoms with E-state index in [9.17, 15) is 14.9 Å². The maximum Gasteiger partial charge on any atom is 0.251 e. The number of methoxy groups -OCH3 is 1. The third-order valence-electron chi connectivity index (χ3n) is 5.06. The average Bonchev–Trinajstić information content (AvgIpc) is 3.13. The number of nitrogens with zero attached hydrogens (tertiary/aromatic N) is 4. The highest BCUT2D eigenvalue weighted by atomic mass is 16.5. The SMILES string of the molecule is COc1ccc(-c2ccc(C[C@H](C#N)NC(=O)[C@@H]3CNCCCO3)nn2)cc1N(C)C=O. The molecule has 168 valence electrons. The Hall–Kier alpha value is -3.55. The molecule has 0 aliphatic carbocycles. The van der Waals surface area contributed by atoms with Gasteiger partial charge in [0.05, 0.1) is 30.3 Å². The van der Waals surface area contributed by atoms with Crippen LogP contribution in [0.3, 0.4) is 0 Å². The summed E-state index contributed by atoms with van der Waals surface area (Å²) in [6, 6.07) is 10.3.